The molecule has 0 radical (unpaired) electrons. The first kappa shape index (κ1) is 37.3. The molecular formula is C38H50N2O6Si. The fraction of sp³-hybridized carbons (Fsp3) is 0.368. The Hall–Kier alpha value is -4.18. The van der Waals surface area contributed by atoms with E-state index in [1.54, 1.807) is 20.8 Å². The summed E-state index contributed by atoms with van der Waals surface area (Å²) in [6.45, 7) is 20.1. The predicted octanol–water partition coefficient (Wildman–Crippen LogP) is 6.24. The first-order chi connectivity index (χ1) is 22.2. The molecule has 0 aromatic heterocycles. The highest BCUT2D eigenvalue weighted by Crippen LogP contribution is 2.37. The Balaban J connectivity index is 1.91. The lowest BCUT2D eigenvalue weighted by atomic mass is 9.96. The molecule has 0 saturated carbocycles. The van der Waals surface area contributed by atoms with Gasteiger partial charge >= 0.3 is 12.2 Å². The Bertz CT molecular complexity index is 1410. The molecule has 9 heteroatoms. The molecule has 0 heterocycles. The van der Waals surface area contributed by atoms with Gasteiger partial charge in [-0.25, -0.2) is 9.59 Å². The zero-order valence-electron chi connectivity index (χ0n) is 28.5. The first-order valence-corrected chi connectivity index (χ1v) is 17.8. The molecular weight excluding hydrogens is 609 g/mol. The van der Waals surface area contributed by atoms with E-state index in [2.05, 4.69) is 68.8 Å². The minimum Gasteiger partial charge on any atom is -0.445 e. The number of aliphatic hydroxyl groups is 1. The molecule has 3 aromatic carbocycles. The van der Waals surface area contributed by atoms with Crippen LogP contribution in [0.4, 0.5) is 9.59 Å². The lowest BCUT2D eigenvalue weighted by Crippen LogP contribution is -2.66. The number of hydrogen-bond donors (Lipinski definition) is 3. The van der Waals surface area contributed by atoms with E-state index in [-0.39, 0.29) is 24.7 Å². The molecule has 0 bridgehead atoms. The number of benzene rings is 3. The standard InChI is InChI=1S/C38H50N2O6Si/c1-9-33(41)34(40-36(43)46-37(3,4)5)32(39-35(42)44-27-29-19-13-10-14-20-29)25-28(2)26-45-47(38(6,7)8,30-21-15-11-16-22-30)31-23-17-12-18-24-31/h9-24,32-34,41H,1-2,25-27H2,3-8H3,(H,39,42)(H,40,43)/t32-,33-,34+/m0/s1. The quantitative estimate of drug-likeness (QED) is 0.140. The summed E-state index contributed by atoms with van der Waals surface area (Å²) < 4.78 is 18.0. The zero-order chi connectivity index (χ0) is 34.7. The number of amides is 2. The van der Waals surface area contributed by atoms with Gasteiger partial charge in [0.25, 0.3) is 8.32 Å². The molecule has 3 N–H and O–H groups in total. The number of alkyl carbamates (subject to hydrolysis) is 2. The van der Waals surface area contributed by atoms with E-state index >= 15 is 0 Å². The van der Waals surface area contributed by atoms with Crippen LogP contribution >= 0.6 is 0 Å². The topological polar surface area (TPSA) is 106 Å². The summed E-state index contributed by atoms with van der Waals surface area (Å²) in [5.74, 6) is 0. The summed E-state index contributed by atoms with van der Waals surface area (Å²) in [5, 5.41) is 18.6. The van der Waals surface area contributed by atoms with Gasteiger partial charge in [-0.05, 0) is 48.2 Å². The van der Waals surface area contributed by atoms with Crippen molar-refractivity contribution in [2.75, 3.05) is 6.61 Å². The van der Waals surface area contributed by atoms with Gasteiger partial charge in [0.15, 0.2) is 0 Å². The molecule has 47 heavy (non-hydrogen) atoms. The fourth-order valence-electron chi connectivity index (χ4n) is 5.54. The second-order valence-corrected chi connectivity index (χ2v) is 17.9. The van der Waals surface area contributed by atoms with E-state index in [9.17, 15) is 14.7 Å². The van der Waals surface area contributed by atoms with Crippen molar-refractivity contribution in [2.45, 2.75) is 83.4 Å². The van der Waals surface area contributed by atoms with Crippen LogP contribution in [0.2, 0.25) is 5.04 Å². The monoisotopic (exact) mass is 658 g/mol. The van der Waals surface area contributed by atoms with Gasteiger partial charge in [-0.2, -0.15) is 0 Å². The molecule has 0 fully saturated rings. The fourth-order valence-corrected chi connectivity index (χ4v) is 10.1. The molecule has 0 aliphatic rings. The van der Waals surface area contributed by atoms with Crippen LogP contribution in [0.3, 0.4) is 0 Å². The Morgan fingerprint density at radius 2 is 1.34 bits per heavy atom. The van der Waals surface area contributed by atoms with Gasteiger partial charge < -0.3 is 29.6 Å². The number of carbonyl (C=O) groups is 2. The highest BCUT2D eigenvalue weighted by Gasteiger charge is 2.50. The lowest BCUT2D eigenvalue weighted by molar-refractivity contribution is 0.0421. The molecule has 3 rings (SSSR count). The maximum absolute atomic E-state index is 13.1. The molecule has 0 spiro atoms. The van der Waals surface area contributed by atoms with Crippen molar-refractivity contribution in [3.05, 3.63) is 121 Å². The van der Waals surface area contributed by atoms with Gasteiger partial charge in [-0.3, -0.25) is 0 Å². The molecule has 2 amide bonds. The van der Waals surface area contributed by atoms with E-state index in [4.69, 9.17) is 13.9 Å². The molecule has 0 saturated heterocycles. The molecule has 0 aliphatic carbocycles. The number of hydrogen-bond acceptors (Lipinski definition) is 6. The van der Waals surface area contributed by atoms with Crippen LogP contribution in [0, 0.1) is 0 Å². The van der Waals surface area contributed by atoms with Gasteiger partial charge in [0.2, 0.25) is 0 Å². The van der Waals surface area contributed by atoms with E-state index < -0.39 is 44.3 Å². The second kappa shape index (κ2) is 16.6. The Morgan fingerprint density at radius 3 is 1.81 bits per heavy atom. The Morgan fingerprint density at radius 1 is 0.830 bits per heavy atom. The average Bonchev–Trinajstić information content (AvgIpc) is 3.02. The Labute approximate surface area is 281 Å². The summed E-state index contributed by atoms with van der Waals surface area (Å²) in [5.41, 5.74) is 0.689. The molecule has 3 atom stereocenters. The van der Waals surface area contributed by atoms with Crippen LogP contribution in [0.15, 0.2) is 116 Å². The smallest absolute Gasteiger partial charge is 0.408 e. The number of ether oxygens (including phenoxy) is 2. The molecule has 3 aromatic rings. The highest BCUT2D eigenvalue weighted by molar-refractivity contribution is 6.99. The summed E-state index contributed by atoms with van der Waals surface area (Å²) in [6.07, 6.45) is -1.24. The van der Waals surface area contributed by atoms with E-state index in [1.807, 2.05) is 66.7 Å². The minimum absolute atomic E-state index is 0.0471. The van der Waals surface area contributed by atoms with Crippen LogP contribution < -0.4 is 21.0 Å². The molecule has 252 valence electrons. The average molecular weight is 659 g/mol. The van der Waals surface area contributed by atoms with Crippen LogP contribution in [0.5, 0.6) is 0 Å². The van der Waals surface area contributed by atoms with Crippen molar-refractivity contribution < 1.29 is 28.6 Å². The zero-order valence-corrected chi connectivity index (χ0v) is 29.5. The number of nitrogens with one attached hydrogen (secondary N) is 2. The van der Waals surface area contributed by atoms with Crippen molar-refractivity contribution in [2.24, 2.45) is 0 Å². The van der Waals surface area contributed by atoms with Gasteiger partial charge in [-0.15, -0.1) is 6.58 Å². The second-order valence-electron chi connectivity index (χ2n) is 13.6. The Kier molecular flexibility index (Phi) is 13.2. The van der Waals surface area contributed by atoms with Crippen molar-refractivity contribution in [1.29, 1.82) is 0 Å². The third-order valence-electron chi connectivity index (χ3n) is 7.66. The maximum Gasteiger partial charge on any atom is 0.408 e. The SMILES string of the molecule is C=C[C@H](O)[C@H](NC(=O)OC(C)(C)C)[C@H](CC(=C)CO[Si](c1ccccc1)(c1ccccc1)C(C)(C)C)NC(=O)OCc1ccccc1. The van der Waals surface area contributed by atoms with Gasteiger partial charge in [-0.1, -0.05) is 130 Å². The van der Waals surface area contributed by atoms with Crippen molar-refractivity contribution in [3.8, 4) is 0 Å². The van der Waals surface area contributed by atoms with Crippen LogP contribution in [0.25, 0.3) is 0 Å². The third-order valence-corrected chi connectivity index (χ3v) is 12.6. The van der Waals surface area contributed by atoms with Gasteiger partial charge in [0.1, 0.15) is 12.2 Å². The van der Waals surface area contributed by atoms with Gasteiger partial charge in [0, 0.05) is 0 Å². The summed E-state index contributed by atoms with van der Waals surface area (Å²) in [7, 11) is -2.88. The molecule has 0 aliphatic heterocycles. The predicted molar refractivity (Wildman–Crippen MR) is 190 cm³/mol. The number of rotatable bonds is 14. The molecule has 0 unspecified atom stereocenters. The summed E-state index contributed by atoms with van der Waals surface area (Å²) in [4.78, 5) is 26.0. The summed E-state index contributed by atoms with van der Waals surface area (Å²) in [6, 6.07) is 27.9. The molecule has 8 nitrogen and oxygen atoms in total. The largest absolute Gasteiger partial charge is 0.445 e. The maximum atomic E-state index is 13.1. The lowest BCUT2D eigenvalue weighted by Gasteiger charge is -2.43. The van der Waals surface area contributed by atoms with Crippen LogP contribution in [0.1, 0.15) is 53.5 Å². The summed E-state index contributed by atoms with van der Waals surface area (Å²) >= 11 is 0. The van der Waals surface area contributed by atoms with E-state index in [0.29, 0.717) is 5.57 Å². The van der Waals surface area contributed by atoms with Gasteiger partial charge in [0.05, 0.1) is 24.8 Å². The van der Waals surface area contributed by atoms with Crippen molar-refractivity contribution >= 4 is 30.9 Å². The normalized spacial score (nSPS) is 13.9. The minimum atomic E-state index is -2.88. The highest BCUT2D eigenvalue weighted by atomic mass is 28.4. The van der Waals surface area contributed by atoms with Crippen LogP contribution in [-0.2, 0) is 20.5 Å². The van der Waals surface area contributed by atoms with E-state index in [0.717, 1.165) is 15.9 Å². The van der Waals surface area contributed by atoms with Crippen molar-refractivity contribution in [3.63, 3.8) is 0 Å². The number of aliphatic hydroxyl groups excluding tert-OH is 1. The van der Waals surface area contributed by atoms with Crippen LogP contribution in [-0.4, -0.2) is 56.0 Å². The number of carbonyl (C=O) groups excluding carboxylic acids is 2. The third kappa shape index (κ3) is 10.7. The first-order valence-electron chi connectivity index (χ1n) is 15.9. The van der Waals surface area contributed by atoms with Crippen molar-refractivity contribution in [1.82, 2.24) is 10.6 Å². The van der Waals surface area contributed by atoms with E-state index in [1.165, 1.54) is 6.08 Å².